The van der Waals surface area contributed by atoms with E-state index in [9.17, 15) is 0 Å². The van der Waals surface area contributed by atoms with Crippen LogP contribution in [0.1, 0.15) is 1.43 Å². The molecule has 4 heteroatoms. The van der Waals surface area contributed by atoms with Crippen LogP contribution in [0.2, 0.25) is 0 Å². The Hall–Kier alpha value is -0.103. The number of rotatable bonds is 0. The molecule has 1 N–H and O–H groups in total. The monoisotopic (exact) mass is 120 g/mol. The number of nitrogens with zero attached hydrogens (tertiary/aromatic N) is 1. The van der Waals surface area contributed by atoms with E-state index < -0.39 is 0 Å². The number of H-pyrrole nitrogens is 1. The summed E-state index contributed by atoms with van der Waals surface area (Å²) in [6.45, 7) is 0. The minimum Gasteiger partial charge on any atom is -1.00 e. The third kappa shape index (κ3) is 2.27. The van der Waals surface area contributed by atoms with Gasteiger partial charge in [-0.1, -0.05) is 0 Å². The molecule has 0 unspecified atom stereocenters. The Morgan fingerprint density at radius 1 is 1.75 bits per heavy atom. The van der Waals surface area contributed by atoms with Gasteiger partial charge in [0.25, 0.3) is 0 Å². The molecule has 8 heavy (non-hydrogen) atoms. The van der Waals surface area contributed by atoms with Gasteiger partial charge in [0.1, 0.15) is 0 Å². The van der Waals surface area contributed by atoms with E-state index >= 15 is 0 Å². The van der Waals surface area contributed by atoms with Crippen molar-refractivity contribution in [3.63, 3.8) is 0 Å². The first-order valence-corrected chi connectivity index (χ1v) is 2.30. The molecule has 0 saturated heterocycles. The summed E-state index contributed by atoms with van der Waals surface area (Å²) in [5, 5.41) is 0. The molecule has 0 atom stereocenters. The molecule has 38 valence electrons. The Bertz CT molecular complexity index is 184. The molecular weight excluding hydrogens is 115 g/mol. The normalized spacial score (nSPS) is 7.50. The largest absolute Gasteiger partial charge is 1.00 e. The van der Waals surface area contributed by atoms with Crippen molar-refractivity contribution in [1.82, 2.24) is 9.97 Å². The second kappa shape index (κ2) is 3.85. The zero-order valence-corrected chi connectivity index (χ0v) is 5.40. The van der Waals surface area contributed by atoms with Gasteiger partial charge in [0.15, 0.2) is 4.77 Å². The molecule has 0 radical (unpaired) electrons. The maximum absolute atomic E-state index is 4.65. The van der Waals surface area contributed by atoms with Gasteiger partial charge >= 0.3 is 18.9 Å². The second-order valence-corrected chi connectivity index (χ2v) is 1.47. The van der Waals surface area contributed by atoms with Gasteiger partial charge in [0.05, 0.1) is 0 Å². The number of hydrogen-bond donors (Lipinski definition) is 1. The molecule has 0 aliphatic heterocycles. The Kier molecular flexibility index (Phi) is 3.80. The van der Waals surface area contributed by atoms with Gasteiger partial charge in [-0.2, -0.15) is 0 Å². The summed E-state index contributed by atoms with van der Waals surface area (Å²) in [5.74, 6) is 0. The van der Waals surface area contributed by atoms with E-state index in [2.05, 4.69) is 22.2 Å². The SMILES string of the molecule is S=c1nccc[nH]1.[H-].[Li+]. The van der Waals surface area contributed by atoms with E-state index in [1.165, 1.54) is 0 Å². The zero-order valence-electron chi connectivity index (χ0n) is 5.59. The fourth-order valence-electron chi connectivity index (χ4n) is 0.310. The molecule has 0 saturated carbocycles. The molecule has 1 heterocycles. The van der Waals surface area contributed by atoms with E-state index in [-0.39, 0.29) is 20.3 Å². The van der Waals surface area contributed by atoms with E-state index in [0.29, 0.717) is 4.77 Å². The van der Waals surface area contributed by atoms with Gasteiger partial charge in [-0.05, 0) is 18.3 Å². The summed E-state index contributed by atoms with van der Waals surface area (Å²) in [7, 11) is 0. The molecule has 0 spiro atoms. The summed E-state index contributed by atoms with van der Waals surface area (Å²) in [6.07, 6.45) is 3.40. The summed E-state index contributed by atoms with van der Waals surface area (Å²) >= 11 is 4.65. The van der Waals surface area contributed by atoms with E-state index in [4.69, 9.17) is 0 Å². The average Bonchev–Trinajstić information content (AvgIpc) is 1.69. The first kappa shape index (κ1) is 7.90. The zero-order chi connectivity index (χ0) is 5.11. The van der Waals surface area contributed by atoms with Gasteiger partial charge in [0, 0.05) is 12.4 Å². The topological polar surface area (TPSA) is 28.7 Å². The van der Waals surface area contributed by atoms with Gasteiger partial charge in [0.2, 0.25) is 0 Å². The molecule has 0 aliphatic carbocycles. The predicted octanol–water partition coefficient (Wildman–Crippen LogP) is -1.74. The van der Waals surface area contributed by atoms with Crippen LogP contribution in [0.25, 0.3) is 0 Å². The molecule has 1 rings (SSSR count). The summed E-state index contributed by atoms with van der Waals surface area (Å²) in [4.78, 5) is 6.47. The van der Waals surface area contributed by atoms with E-state index in [1.54, 1.807) is 18.5 Å². The maximum atomic E-state index is 4.65. The molecule has 0 aromatic carbocycles. The van der Waals surface area contributed by atoms with E-state index in [0.717, 1.165) is 0 Å². The Labute approximate surface area is 66.0 Å². The Morgan fingerprint density at radius 2 is 2.50 bits per heavy atom. The fraction of sp³-hybridized carbons (Fsp3) is 0. The van der Waals surface area contributed by atoms with Gasteiger partial charge < -0.3 is 6.41 Å². The van der Waals surface area contributed by atoms with Crippen LogP contribution in [-0.2, 0) is 0 Å². The van der Waals surface area contributed by atoms with Crippen LogP contribution in [0, 0.1) is 4.77 Å². The Morgan fingerprint density at radius 3 is 2.75 bits per heavy atom. The molecule has 1 aromatic heterocycles. The third-order valence-electron chi connectivity index (χ3n) is 0.581. The Balaban J connectivity index is 0. The van der Waals surface area contributed by atoms with Gasteiger partial charge in [-0.3, -0.25) is 0 Å². The summed E-state index contributed by atoms with van der Waals surface area (Å²) in [5.41, 5.74) is 0. The number of nitrogens with one attached hydrogen (secondary N) is 1. The van der Waals surface area contributed by atoms with Crippen molar-refractivity contribution in [1.29, 1.82) is 0 Å². The minimum atomic E-state index is 0. The first-order chi connectivity index (χ1) is 3.39. The molecule has 0 fully saturated rings. The van der Waals surface area contributed by atoms with Crippen LogP contribution in [-0.4, -0.2) is 9.97 Å². The van der Waals surface area contributed by atoms with Crippen molar-refractivity contribution in [3.05, 3.63) is 23.2 Å². The van der Waals surface area contributed by atoms with Gasteiger partial charge in [-0.25, -0.2) is 4.98 Å². The van der Waals surface area contributed by atoms with Crippen molar-refractivity contribution in [3.8, 4) is 0 Å². The molecule has 0 aliphatic rings. The number of aromatic amines is 1. The smallest absolute Gasteiger partial charge is 1.00 e. The van der Waals surface area contributed by atoms with Crippen molar-refractivity contribution in [2.24, 2.45) is 0 Å². The van der Waals surface area contributed by atoms with Crippen molar-refractivity contribution < 1.29 is 20.3 Å². The predicted molar refractivity (Wildman–Crippen MR) is 30.5 cm³/mol. The number of hydrogen-bond acceptors (Lipinski definition) is 2. The van der Waals surface area contributed by atoms with Crippen molar-refractivity contribution >= 4 is 12.2 Å². The standard InChI is InChI=1S/C4H4N2S.Li.H/c7-4-5-2-1-3-6-4;;/h1-3H,(H,5,6,7);;/q;+1;-1. The first-order valence-electron chi connectivity index (χ1n) is 1.89. The molecule has 0 amide bonds. The molecule has 0 bridgehead atoms. The van der Waals surface area contributed by atoms with Crippen LogP contribution < -0.4 is 18.9 Å². The fourth-order valence-corrected chi connectivity index (χ4v) is 0.439. The van der Waals surface area contributed by atoms with Crippen LogP contribution in [0.5, 0.6) is 0 Å². The quantitative estimate of drug-likeness (QED) is 0.325. The summed E-state index contributed by atoms with van der Waals surface area (Å²) in [6, 6.07) is 1.79. The van der Waals surface area contributed by atoms with Crippen LogP contribution >= 0.6 is 12.2 Å². The molecular formula is C4H5LiN2S. The van der Waals surface area contributed by atoms with Crippen molar-refractivity contribution in [2.45, 2.75) is 0 Å². The van der Waals surface area contributed by atoms with Gasteiger partial charge in [-0.15, -0.1) is 0 Å². The average molecular weight is 120 g/mol. The molecule has 2 nitrogen and oxygen atoms in total. The van der Waals surface area contributed by atoms with Crippen LogP contribution in [0.15, 0.2) is 18.5 Å². The third-order valence-corrected chi connectivity index (χ3v) is 0.804. The van der Waals surface area contributed by atoms with Crippen LogP contribution in [0.3, 0.4) is 0 Å². The summed E-state index contributed by atoms with van der Waals surface area (Å²) < 4.78 is 0.530. The van der Waals surface area contributed by atoms with Crippen molar-refractivity contribution in [2.75, 3.05) is 0 Å². The maximum Gasteiger partial charge on any atom is 1.00 e. The van der Waals surface area contributed by atoms with Crippen LogP contribution in [0.4, 0.5) is 0 Å². The molecule has 1 aromatic rings. The number of aromatic nitrogens is 2. The second-order valence-electron chi connectivity index (χ2n) is 1.09. The van der Waals surface area contributed by atoms with E-state index in [1.807, 2.05) is 0 Å². The minimum absolute atomic E-state index is 0.